The van der Waals surface area contributed by atoms with E-state index in [1.54, 1.807) is 0 Å². The maximum absolute atomic E-state index is 6.51. The summed E-state index contributed by atoms with van der Waals surface area (Å²) < 4.78 is 0. The van der Waals surface area contributed by atoms with E-state index >= 15 is 0 Å². The van der Waals surface area contributed by atoms with Gasteiger partial charge in [0, 0.05) is 11.1 Å². The second kappa shape index (κ2) is 7.25. The average molecular weight is 234 g/mol. The highest BCUT2D eigenvalue weighted by Crippen LogP contribution is 2.33. The van der Waals surface area contributed by atoms with Crippen molar-refractivity contribution in [2.24, 2.45) is 11.5 Å². The summed E-state index contributed by atoms with van der Waals surface area (Å²) in [5.41, 5.74) is 12.0. The maximum atomic E-state index is 6.51. The van der Waals surface area contributed by atoms with E-state index in [0.717, 1.165) is 12.8 Å². The molecular weight excluding hydrogens is 208 g/mol. The van der Waals surface area contributed by atoms with Crippen LogP contribution in [0.3, 0.4) is 0 Å². The highest BCUT2D eigenvalue weighted by Gasteiger charge is 2.42. The van der Waals surface area contributed by atoms with Crippen LogP contribution in [0.5, 0.6) is 0 Å². The first kappa shape index (κ1) is 15.9. The van der Waals surface area contributed by atoms with Gasteiger partial charge < -0.3 is 11.5 Å². The Morgan fingerprint density at radius 2 is 1.12 bits per heavy atom. The Bertz CT molecular complexity index is 271. The molecule has 0 aromatic rings. The molecule has 1 unspecified atom stereocenters. The first-order valence-corrected chi connectivity index (χ1v) is 6.01. The number of rotatable bonds is 10. The summed E-state index contributed by atoms with van der Waals surface area (Å²) in [6, 6.07) is 0. The summed E-state index contributed by atoms with van der Waals surface area (Å²) in [5.74, 6) is 0. The fourth-order valence-electron chi connectivity index (χ4n) is 2.18. The molecular formula is C15H26N2. The van der Waals surface area contributed by atoms with Gasteiger partial charge in [0.05, 0.1) is 0 Å². The van der Waals surface area contributed by atoms with Crippen LogP contribution in [0.25, 0.3) is 0 Å². The van der Waals surface area contributed by atoms with E-state index in [1.165, 1.54) is 0 Å². The van der Waals surface area contributed by atoms with Crippen molar-refractivity contribution in [1.29, 1.82) is 0 Å². The monoisotopic (exact) mass is 234 g/mol. The standard InChI is InChI=1S/C15H26N2/c1-5-9-13-15(17,12-8-4)14(16,10-6-2)11-7-3/h5-8H,1-4,9-13,16-17H2. The highest BCUT2D eigenvalue weighted by atomic mass is 14.9. The molecule has 1 atom stereocenters. The van der Waals surface area contributed by atoms with Crippen LogP contribution in [0.4, 0.5) is 0 Å². The smallest absolute Gasteiger partial charge is 0.0409 e. The Kier molecular flexibility index (Phi) is 6.78. The van der Waals surface area contributed by atoms with E-state index in [9.17, 15) is 0 Å². The molecule has 96 valence electrons. The summed E-state index contributed by atoms with van der Waals surface area (Å²) >= 11 is 0. The third-order valence-electron chi connectivity index (χ3n) is 3.31. The minimum Gasteiger partial charge on any atom is -0.323 e. The summed E-state index contributed by atoms with van der Waals surface area (Å²) in [4.78, 5) is 0. The number of allylic oxidation sites excluding steroid dienone is 1. The molecule has 0 aliphatic heterocycles. The molecule has 2 nitrogen and oxygen atoms in total. The highest BCUT2D eigenvalue weighted by molar-refractivity contribution is 5.14. The van der Waals surface area contributed by atoms with Gasteiger partial charge in [-0.1, -0.05) is 24.3 Å². The van der Waals surface area contributed by atoms with Gasteiger partial charge in [-0.25, -0.2) is 0 Å². The molecule has 0 aliphatic carbocycles. The zero-order valence-corrected chi connectivity index (χ0v) is 10.8. The number of hydrogen-bond donors (Lipinski definition) is 2. The third-order valence-corrected chi connectivity index (χ3v) is 3.31. The molecule has 17 heavy (non-hydrogen) atoms. The van der Waals surface area contributed by atoms with Gasteiger partial charge in [-0.15, -0.1) is 26.3 Å². The molecule has 0 radical (unpaired) electrons. The first-order valence-electron chi connectivity index (χ1n) is 6.01. The first-order chi connectivity index (χ1) is 7.99. The molecule has 0 aromatic heterocycles. The largest absolute Gasteiger partial charge is 0.323 e. The number of hydrogen-bond acceptors (Lipinski definition) is 2. The molecule has 0 spiro atoms. The molecule has 2 heteroatoms. The Balaban J connectivity index is 5.16. The average Bonchev–Trinajstić information content (AvgIpc) is 2.27. The molecule has 0 heterocycles. The quantitative estimate of drug-likeness (QED) is 0.571. The van der Waals surface area contributed by atoms with Gasteiger partial charge in [-0.3, -0.25) is 0 Å². The second-order valence-corrected chi connectivity index (χ2v) is 4.62. The van der Waals surface area contributed by atoms with E-state index in [4.69, 9.17) is 11.5 Å². The molecule has 0 saturated carbocycles. The van der Waals surface area contributed by atoms with Crippen LogP contribution in [-0.4, -0.2) is 11.1 Å². The van der Waals surface area contributed by atoms with Crippen LogP contribution in [0.2, 0.25) is 0 Å². The van der Waals surface area contributed by atoms with E-state index in [1.807, 2.05) is 24.3 Å². The van der Waals surface area contributed by atoms with E-state index in [0.29, 0.717) is 19.3 Å². The lowest BCUT2D eigenvalue weighted by atomic mass is 9.69. The topological polar surface area (TPSA) is 52.0 Å². The van der Waals surface area contributed by atoms with Crippen molar-refractivity contribution in [3.63, 3.8) is 0 Å². The van der Waals surface area contributed by atoms with E-state index in [2.05, 4.69) is 26.3 Å². The van der Waals surface area contributed by atoms with Crippen molar-refractivity contribution in [3.8, 4) is 0 Å². The van der Waals surface area contributed by atoms with Crippen molar-refractivity contribution in [2.45, 2.75) is 43.2 Å². The summed E-state index contributed by atoms with van der Waals surface area (Å²) in [7, 11) is 0. The number of nitrogens with two attached hydrogens (primary N) is 2. The van der Waals surface area contributed by atoms with Crippen LogP contribution in [0.15, 0.2) is 50.6 Å². The van der Waals surface area contributed by atoms with Crippen molar-refractivity contribution < 1.29 is 0 Å². The van der Waals surface area contributed by atoms with Crippen LogP contribution in [0.1, 0.15) is 32.1 Å². The maximum Gasteiger partial charge on any atom is 0.0409 e. The van der Waals surface area contributed by atoms with Gasteiger partial charge in [0.1, 0.15) is 0 Å². The molecule has 4 N–H and O–H groups in total. The van der Waals surface area contributed by atoms with Gasteiger partial charge in [0.2, 0.25) is 0 Å². The van der Waals surface area contributed by atoms with Crippen molar-refractivity contribution in [2.75, 3.05) is 0 Å². The summed E-state index contributed by atoms with van der Waals surface area (Å²) in [6.45, 7) is 15.0. The normalized spacial score (nSPS) is 14.7. The molecule has 0 aliphatic rings. The Morgan fingerprint density at radius 3 is 1.47 bits per heavy atom. The van der Waals surface area contributed by atoms with Crippen molar-refractivity contribution >= 4 is 0 Å². The van der Waals surface area contributed by atoms with Gasteiger partial charge in [-0.2, -0.15) is 0 Å². The van der Waals surface area contributed by atoms with Gasteiger partial charge >= 0.3 is 0 Å². The fourth-order valence-corrected chi connectivity index (χ4v) is 2.18. The molecule has 0 amide bonds. The SMILES string of the molecule is C=CCCC(N)(CC=C)C(N)(CC=C)CC=C. The van der Waals surface area contributed by atoms with E-state index in [-0.39, 0.29) is 0 Å². The summed E-state index contributed by atoms with van der Waals surface area (Å²) in [5, 5.41) is 0. The molecule has 0 rings (SSSR count). The summed E-state index contributed by atoms with van der Waals surface area (Å²) in [6.07, 6.45) is 11.0. The van der Waals surface area contributed by atoms with Gasteiger partial charge in [-0.05, 0) is 32.1 Å². The Labute approximate surface area is 106 Å². The third kappa shape index (κ3) is 3.99. The molecule has 0 bridgehead atoms. The minimum absolute atomic E-state index is 0.495. The predicted octanol–water partition coefficient (Wildman–Crippen LogP) is 3.08. The Morgan fingerprint density at radius 1 is 0.706 bits per heavy atom. The van der Waals surface area contributed by atoms with Crippen LogP contribution >= 0.6 is 0 Å². The molecule has 0 fully saturated rings. The minimum atomic E-state index is -0.520. The zero-order chi connectivity index (χ0) is 13.4. The van der Waals surface area contributed by atoms with Gasteiger partial charge in [0.15, 0.2) is 0 Å². The predicted molar refractivity (Wildman–Crippen MR) is 77.7 cm³/mol. The Hall–Kier alpha value is -1.12. The van der Waals surface area contributed by atoms with Gasteiger partial charge in [0.25, 0.3) is 0 Å². The van der Waals surface area contributed by atoms with Crippen LogP contribution in [0, 0.1) is 0 Å². The van der Waals surface area contributed by atoms with E-state index < -0.39 is 11.1 Å². The molecule has 0 saturated heterocycles. The fraction of sp³-hybridized carbons (Fsp3) is 0.467. The van der Waals surface area contributed by atoms with Crippen molar-refractivity contribution in [1.82, 2.24) is 0 Å². The van der Waals surface area contributed by atoms with Crippen LogP contribution < -0.4 is 11.5 Å². The zero-order valence-electron chi connectivity index (χ0n) is 10.8. The lowest BCUT2D eigenvalue weighted by Gasteiger charge is -2.45. The van der Waals surface area contributed by atoms with Crippen molar-refractivity contribution in [3.05, 3.63) is 50.6 Å². The second-order valence-electron chi connectivity index (χ2n) is 4.62. The lowest BCUT2D eigenvalue weighted by molar-refractivity contribution is 0.208. The van der Waals surface area contributed by atoms with Crippen LogP contribution in [-0.2, 0) is 0 Å². The lowest BCUT2D eigenvalue weighted by Crippen LogP contribution is -2.65. The molecule has 0 aromatic carbocycles.